The van der Waals surface area contributed by atoms with Crippen LogP contribution in [0.25, 0.3) is 0 Å². The molecule has 6 rings (SSSR count). The maximum atomic E-state index is 10.2. The molecule has 0 aromatic heterocycles. The molecule has 0 saturated carbocycles. The number of halogens is 2. The van der Waals surface area contributed by atoms with Crippen molar-refractivity contribution in [3.05, 3.63) is 117 Å². The lowest BCUT2D eigenvalue weighted by Gasteiger charge is -2.30. The van der Waals surface area contributed by atoms with Gasteiger partial charge in [-0.25, -0.2) is 0 Å². The molecule has 2 heterocycles. The number of aliphatic hydroxyl groups excluding tert-OH is 2. The fourth-order valence-corrected chi connectivity index (χ4v) is 4.88. The predicted octanol–water partition coefficient (Wildman–Crippen LogP) is 7.21. The zero-order chi connectivity index (χ0) is 26.8. The first-order valence-corrected chi connectivity index (χ1v) is 12.9. The standard InChI is InChI=1S/2C15H13ClO3/c2*16-10-3-1-9(2-4-10)15-8-13(18)12-7-11(17)5-6-14(12)19-15/h2*1-7,13,15,17-18H,8H2. The van der Waals surface area contributed by atoms with Crippen LogP contribution in [0.5, 0.6) is 23.0 Å². The number of aliphatic hydroxyl groups is 2. The van der Waals surface area contributed by atoms with Gasteiger partial charge in [0.1, 0.15) is 35.2 Å². The van der Waals surface area contributed by atoms with Crippen LogP contribution in [0.15, 0.2) is 84.9 Å². The molecule has 2 aliphatic heterocycles. The first-order chi connectivity index (χ1) is 18.3. The Morgan fingerprint density at radius 1 is 0.553 bits per heavy atom. The Morgan fingerprint density at radius 2 is 0.921 bits per heavy atom. The van der Waals surface area contributed by atoms with E-state index in [0.717, 1.165) is 11.1 Å². The second-order valence-corrected chi connectivity index (χ2v) is 10.1. The highest BCUT2D eigenvalue weighted by atomic mass is 35.5. The summed E-state index contributed by atoms with van der Waals surface area (Å²) in [7, 11) is 0. The molecule has 4 aromatic carbocycles. The van der Waals surface area contributed by atoms with E-state index < -0.39 is 12.2 Å². The quantitative estimate of drug-likeness (QED) is 0.210. The number of phenolic OH excluding ortho intramolecular Hbond substituents is 2. The van der Waals surface area contributed by atoms with Crippen LogP contribution in [0, 0.1) is 0 Å². The summed E-state index contributed by atoms with van der Waals surface area (Å²) in [6.45, 7) is 0. The van der Waals surface area contributed by atoms with Crippen molar-refractivity contribution in [2.24, 2.45) is 0 Å². The smallest absolute Gasteiger partial charge is 0.127 e. The van der Waals surface area contributed by atoms with Crippen molar-refractivity contribution in [1.29, 1.82) is 0 Å². The van der Waals surface area contributed by atoms with Gasteiger partial charge >= 0.3 is 0 Å². The van der Waals surface area contributed by atoms with Gasteiger partial charge in [0, 0.05) is 34.0 Å². The second-order valence-electron chi connectivity index (χ2n) is 9.26. The molecule has 2 aliphatic rings. The molecule has 0 aliphatic carbocycles. The molecule has 6 nitrogen and oxygen atoms in total. The van der Waals surface area contributed by atoms with E-state index in [0.29, 0.717) is 45.5 Å². The summed E-state index contributed by atoms with van der Waals surface area (Å²) in [4.78, 5) is 0. The Balaban J connectivity index is 0.000000155. The van der Waals surface area contributed by atoms with Gasteiger partial charge in [-0.05, 0) is 71.8 Å². The van der Waals surface area contributed by atoms with Crippen LogP contribution in [0.4, 0.5) is 0 Å². The third-order valence-electron chi connectivity index (χ3n) is 6.60. The van der Waals surface area contributed by atoms with E-state index in [1.807, 2.05) is 24.3 Å². The highest BCUT2D eigenvalue weighted by Crippen LogP contribution is 2.43. The van der Waals surface area contributed by atoms with Gasteiger partial charge in [0.2, 0.25) is 0 Å². The van der Waals surface area contributed by atoms with E-state index in [4.69, 9.17) is 32.7 Å². The number of hydrogen-bond donors (Lipinski definition) is 4. The first kappa shape index (κ1) is 26.2. The minimum absolute atomic E-state index is 0.131. The molecule has 4 aromatic rings. The Hall–Kier alpha value is -3.42. The van der Waals surface area contributed by atoms with Gasteiger partial charge < -0.3 is 29.9 Å². The van der Waals surface area contributed by atoms with Crippen LogP contribution in [-0.2, 0) is 0 Å². The molecule has 8 heteroatoms. The van der Waals surface area contributed by atoms with Crippen molar-refractivity contribution in [3.63, 3.8) is 0 Å². The third-order valence-corrected chi connectivity index (χ3v) is 7.11. The molecular formula is C30H26Cl2O6. The molecule has 0 bridgehead atoms. The zero-order valence-electron chi connectivity index (χ0n) is 20.2. The van der Waals surface area contributed by atoms with Crippen molar-refractivity contribution in [3.8, 4) is 23.0 Å². The fraction of sp³-hybridized carbons (Fsp3) is 0.200. The highest BCUT2D eigenvalue weighted by molar-refractivity contribution is 6.30. The molecule has 0 amide bonds. The first-order valence-electron chi connectivity index (χ1n) is 12.1. The summed E-state index contributed by atoms with van der Waals surface area (Å²) in [6, 6.07) is 24.3. The van der Waals surface area contributed by atoms with E-state index in [-0.39, 0.29) is 23.7 Å². The molecule has 0 radical (unpaired) electrons. The lowest BCUT2D eigenvalue weighted by molar-refractivity contribution is 0.0651. The topological polar surface area (TPSA) is 99.4 Å². The van der Waals surface area contributed by atoms with Crippen LogP contribution in [-0.4, -0.2) is 20.4 Å². The third kappa shape index (κ3) is 5.84. The molecule has 0 saturated heterocycles. The van der Waals surface area contributed by atoms with Crippen LogP contribution < -0.4 is 9.47 Å². The lowest BCUT2D eigenvalue weighted by Crippen LogP contribution is -2.18. The SMILES string of the molecule is Oc1ccc2c(c1)C(O)CC(c1ccc(Cl)cc1)O2.Oc1ccc2c(c1)C(O)CC(c1ccc(Cl)cc1)O2. The van der Waals surface area contributed by atoms with Crippen LogP contribution in [0.3, 0.4) is 0 Å². The van der Waals surface area contributed by atoms with Gasteiger partial charge in [-0.3, -0.25) is 0 Å². The Labute approximate surface area is 230 Å². The summed E-state index contributed by atoms with van der Waals surface area (Å²) in [5.74, 6) is 1.48. The summed E-state index contributed by atoms with van der Waals surface area (Å²) >= 11 is 11.7. The summed E-state index contributed by atoms with van der Waals surface area (Å²) < 4.78 is 11.7. The second kappa shape index (κ2) is 11.1. The molecule has 38 heavy (non-hydrogen) atoms. The van der Waals surface area contributed by atoms with Crippen molar-refractivity contribution in [2.45, 2.75) is 37.3 Å². The summed E-state index contributed by atoms with van der Waals surface area (Å²) in [5, 5.41) is 40.5. The maximum Gasteiger partial charge on any atom is 0.127 e. The number of benzene rings is 4. The summed E-state index contributed by atoms with van der Waals surface area (Å²) in [6.07, 6.45) is -0.780. The van der Waals surface area contributed by atoms with Crippen molar-refractivity contribution >= 4 is 23.2 Å². The number of fused-ring (bicyclic) bond motifs is 2. The molecule has 4 unspecified atom stereocenters. The van der Waals surface area contributed by atoms with Gasteiger partial charge in [0.05, 0.1) is 12.2 Å². The van der Waals surface area contributed by atoms with Gasteiger partial charge in [0.15, 0.2) is 0 Å². The van der Waals surface area contributed by atoms with E-state index in [9.17, 15) is 20.4 Å². The molecule has 4 N–H and O–H groups in total. The number of hydrogen-bond acceptors (Lipinski definition) is 6. The molecule has 0 fully saturated rings. The molecular weight excluding hydrogens is 527 g/mol. The van der Waals surface area contributed by atoms with Crippen molar-refractivity contribution in [1.82, 2.24) is 0 Å². The van der Waals surface area contributed by atoms with Crippen LogP contribution in [0.2, 0.25) is 10.0 Å². The van der Waals surface area contributed by atoms with Gasteiger partial charge in [-0.15, -0.1) is 0 Å². The van der Waals surface area contributed by atoms with Gasteiger partial charge in [0.25, 0.3) is 0 Å². The Bertz CT molecular complexity index is 1300. The normalized spacial score (nSPS) is 21.6. The zero-order valence-corrected chi connectivity index (χ0v) is 21.7. The van der Waals surface area contributed by atoms with Crippen LogP contribution >= 0.6 is 23.2 Å². The summed E-state index contributed by atoms with van der Waals surface area (Å²) in [5.41, 5.74) is 3.21. The van der Waals surface area contributed by atoms with Crippen molar-refractivity contribution < 1.29 is 29.9 Å². The highest BCUT2D eigenvalue weighted by Gasteiger charge is 2.29. The number of phenols is 2. The average Bonchev–Trinajstić information content (AvgIpc) is 2.90. The molecule has 196 valence electrons. The Kier molecular flexibility index (Phi) is 7.68. The fourth-order valence-electron chi connectivity index (χ4n) is 4.63. The predicted molar refractivity (Wildman–Crippen MR) is 145 cm³/mol. The maximum absolute atomic E-state index is 10.2. The van der Waals surface area contributed by atoms with E-state index in [2.05, 4.69) is 0 Å². The van der Waals surface area contributed by atoms with E-state index >= 15 is 0 Å². The largest absolute Gasteiger partial charge is 0.508 e. The van der Waals surface area contributed by atoms with E-state index in [1.165, 1.54) is 12.1 Å². The average molecular weight is 553 g/mol. The van der Waals surface area contributed by atoms with Crippen molar-refractivity contribution in [2.75, 3.05) is 0 Å². The van der Waals surface area contributed by atoms with Gasteiger partial charge in [-0.2, -0.15) is 0 Å². The van der Waals surface area contributed by atoms with Gasteiger partial charge in [-0.1, -0.05) is 47.5 Å². The minimum atomic E-state index is -0.642. The molecule has 4 atom stereocenters. The van der Waals surface area contributed by atoms with E-state index in [1.54, 1.807) is 48.5 Å². The number of aromatic hydroxyl groups is 2. The number of rotatable bonds is 2. The number of ether oxygens (including phenoxy) is 2. The lowest BCUT2D eigenvalue weighted by atomic mass is 9.95. The monoisotopic (exact) mass is 552 g/mol. The molecule has 0 spiro atoms. The van der Waals surface area contributed by atoms with Crippen LogP contribution in [0.1, 0.15) is 59.5 Å². The minimum Gasteiger partial charge on any atom is -0.508 e. The Morgan fingerprint density at radius 3 is 1.29 bits per heavy atom.